The van der Waals surface area contributed by atoms with E-state index in [4.69, 9.17) is 9.47 Å². The first kappa shape index (κ1) is 12.9. The molecule has 1 aliphatic heterocycles. The molecule has 2 aliphatic carbocycles. The number of hydrogen-bond donors (Lipinski definition) is 1. The van der Waals surface area contributed by atoms with E-state index in [-0.39, 0.29) is 5.79 Å². The lowest BCUT2D eigenvalue weighted by Gasteiger charge is -2.46. The molecule has 0 radical (unpaired) electrons. The highest BCUT2D eigenvalue weighted by Crippen LogP contribution is 2.47. The van der Waals surface area contributed by atoms with Gasteiger partial charge in [0, 0.05) is 12.8 Å². The van der Waals surface area contributed by atoms with Crippen LogP contribution in [-0.4, -0.2) is 29.7 Å². The Hall–Kier alpha value is -0.120. The third-order valence-electron chi connectivity index (χ3n) is 5.39. The van der Waals surface area contributed by atoms with E-state index in [9.17, 15) is 5.11 Å². The van der Waals surface area contributed by atoms with E-state index < -0.39 is 5.60 Å². The molecule has 3 fully saturated rings. The SMILES string of the molecule is CC1CCCC(C2(O)CCC3(CC2)OCCO3)C1. The second-order valence-electron chi connectivity index (χ2n) is 6.68. The molecule has 0 amide bonds. The first-order valence-corrected chi connectivity index (χ1v) is 7.62. The lowest BCUT2D eigenvalue weighted by atomic mass is 9.67. The Labute approximate surface area is 110 Å². The minimum absolute atomic E-state index is 0.341. The molecule has 3 nitrogen and oxygen atoms in total. The second-order valence-corrected chi connectivity index (χ2v) is 6.68. The van der Waals surface area contributed by atoms with Crippen molar-refractivity contribution in [3.8, 4) is 0 Å². The Morgan fingerprint density at radius 2 is 1.67 bits per heavy atom. The van der Waals surface area contributed by atoms with Crippen LogP contribution in [-0.2, 0) is 9.47 Å². The molecule has 1 N–H and O–H groups in total. The van der Waals surface area contributed by atoms with Crippen LogP contribution in [0.5, 0.6) is 0 Å². The fourth-order valence-corrected chi connectivity index (χ4v) is 4.18. The van der Waals surface area contributed by atoms with E-state index >= 15 is 0 Å². The van der Waals surface area contributed by atoms with Gasteiger partial charge in [-0.05, 0) is 37.5 Å². The summed E-state index contributed by atoms with van der Waals surface area (Å²) >= 11 is 0. The maximum atomic E-state index is 10.9. The number of ether oxygens (including phenoxy) is 2. The van der Waals surface area contributed by atoms with Gasteiger partial charge in [-0.25, -0.2) is 0 Å². The van der Waals surface area contributed by atoms with Crippen molar-refractivity contribution in [2.24, 2.45) is 11.8 Å². The maximum Gasteiger partial charge on any atom is 0.168 e. The zero-order valence-corrected chi connectivity index (χ0v) is 11.5. The average molecular weight is 254 g/mol. The van der Waals surface area contributed by atoms with E-state index in [0.29, 0.717) is 5.92 Å². The fourth-order valence-electron chi connectivity index (χ4n) is 4.18. The summed E-state index contributed by atoms with van der Waals surface area (Å²) in [6, 6.07) is 0. The lowest BCUT2D eigenvalue weighted by Crippen LogP contribution is -2.48. The molecule has 2 atom stereocenters. The van der Waals surface area contributed by atoms with Crippen LogP contribution in [0.15, 0.2) is 0 Å². The van der Waals surface area contributed by atoms with Crippen molar-refractivity contribution in [2.75, 3.05) is 13.2 Å². The second kappa shape index (κ2) is 4.77. The highest BCUT2D eigenvalue weighted by atomic mass is 16.7. The zero-order valence-electron chi connectivity index (χ0n) is 11.5. The summed E-state index contributed by atoms with van der Waals surface area (Å²) in [5, 5.41) is 10.9. The standard InChI is InChI=1S/C15H26O3/c1-12-3-2-4-13(11-12)14(16)5-7-15(8-6-14)17-9-10-18-15/h12-13,16H,2-11H2,1H3. The molecule has 18 heavy (non-hydrogen) atoms. The summed E-state index contributed by atoms with van der Waals surface area (Å²) in [5.74, 6) is 0.939. The molecular formula is C15H26O3. The molecule has 2 unspecified atom stereocenters. The summed E-state index contributed by atoms with van der Waals surface area (Å²) in [7, 11) is 0. The van der Waals surface area contributed by atoms with Gasteiger partial charge in [0.25, 0.3) is 0 Å². The Balaban J connectivity index is 1.62. The molecule has 1 spiro atoms. The molecule has 0 aromatic rings. The summed E-state index contributed by atoms with van der Waals surface area (Å²) < 4.78 is 11.5. The number of rotatable bonds is 1. The molecule has 3 rings (SSSR count). The first-order valence-electron chi connectivity index (χ1n) is 7.62. The van der Waals surface area contributed by atoms with Gasteiger partial charge in [0.1, 0.15) is 0 Å². The molecule has 0 aromatic heterocycles. The van der Waals surface area contributed by atoms with E-state index in [0.717, 1.165) is 44.8 Å². The fraction of sp³-hybridized carbons (Fsp3) is 1.00. The van der Waals surface area contributed by atoms with E-state index in [1.165, 1.54) is 25.7 Å². The predicted octanol–water partition coefficient (Wildman–Crippen LogP) is 2.86. The van der Waals surface area contributed by atoms with E-state index in [1.807, 2.05) is 0 Å². The summed E-state index contributed by atoms with van der Waals surface area (Å²) in [4.78, 5) is 0. The zero-order chi connectivity index (χ0) is 12.6. The molecule has 0 aromatic carbocycles. The molecule has 104 valence electrons. The summed E-state index contributed by atoms with van der Waals surface area (Å²) in [6.45, 7) is 3.76. The van der Waals surface area contributed by atoms with Gasteiger partial charge in [-0.3, -0.25) is 0 Å². The molecule has 1 saturated heterocycles. The normalized spacial score (nSPS) is 39.0. The lowest BCUT2D eigenvalue weighted by molar-refractivity contribution is -0.212. The van der Waals surface area contributed by atoms with Gasteiger partial charge in [-0.2, -0.15) is 0 Å². The van der Waals surface area contributed by atoms with Crippen LogP contribution in [0.2, 0.25) is 0 Å². The van der Waals surface area contributed by atoms with Crippen LogP contribution in [0, 0.1) is 11.8 Å². The van der Waals surface area contributed by atoms with Crippen LogP contribution in [0.25, 0.3) is 0 Å². The summed E-state index contributed by atoms with van der Waals surface area (Å²) in [5.41, 5.74) is -0.449. The predicted molar refractivity (Wildman–Crippen MR) is 69.2 cm³/mol. The van der Waals surface area contributed by atoms with Crippen molar-refractivity contribution >= 4 is 0 Å². The third-order valence-corrected chi connectivity index (χ3v) is 5.39. The van der Waals surface area contributed by atoms with Crippen LogP contribution in [0.3, 0.4) is 0 Å². The Morgan fingerprint density at radius 3 is 2.28 bits per heavy atom. The van der Waals surface area contributed by atoms with Crippen molar-refractivity contribution < 1.29 is 14.6 Å². The van der Waals surface area contributed by atoms with E-state index in [1.54, 1.807) is 0 Å². The molecular weight excluding hydrogens is 228 g/mol. The minimum atomic E-state index is -0.449. The largest absolute Gasteiger partial charge is 0.390 e. The average Bonchev–Trinajstić information content (AvgIpc) is 2.83. The van der Waals surface area contributed by atoms with Crippen LogP contribution >= 0.6 is 0 Å². The Bertz CT molecular complexity index is 286. The minimum Gasteiger partial charge on any atom is -0.390 e. The first-order chi connectivity index (χ1) is 8.62. The van der Waals surface area contributed by atoms with Crippen LogP contribution in [0.4, 0.5) is 0 Å². The van der Waals surface area contributed by atoms with E-state index in [2.05, 4.69) is 6.92 Å². The summed E-state index contributed by atoms with van der Waals surface area (Å²) in [6.07, 6.45) is 8.47. The molecule has 3 aliphatic rings. The van der Waals surface area contributed by atoms with Gasteiger partial charge in [0.2, 0.25) is 0 Å². The van der Waals surface area contributed by atoms with Gasteiger partial charge < -0.3 is 14.6 Å². The van der Waals surface area contributed by atoms with Crippen molar-refractivity contribution in [2.45, 2.75) is 69.7 Å². The van der Waals surface area contributed by atoms with Crippen molar-refractivity contribution in [1.29, 1.82) is 0 Å². The Morgan fingerprint density at radius 1 is 1.00 bits per heavy atom. The molecule has 2 saturated carbocycles. The highest BCUT2D eigenvalue weighted by molar-refractivity contribution is 4.96. The highest BCUT2D eigenvalue weighted by Gasteiger charge is 2.48. The van der Waals surface area contributed by atoms with Crippen molar-refractivity contribution in [3.05, 3.63) is 0 Å². The monoisotopic (exact) mass is 254 g/mol. The molecule has 3 heteroatoms. The maximum absolute atomic E-state index is 10.9. The van der Waals surface area contributed by atoms with Crippen LogP contribution in [0.1, 0.15) is 58.3 Å². The van der Waals surface area contributed by atoms with Crippen LogP contribution < -0.4 is 0 Å². The van der Waals surface area contributed by atoms with Gasteiger partial charge in [-0.15, -0.1) is 0 Å². The third kappa shape index (κ3) is 2.33. The van der Waals surface area contributed by atoms with Crippen molar-refractivity contribution in [1.82, 2.24) is 0 Å². The smallest absolute Gasteiger partial charge is 0.168 e. The van der Waals surface area contributed by atoms with Crippen molar-refractivity contribution in [3.63, 3.8) is 0 Å². The molecule has 1 heterocycles. The van der Waals surface area contributed by atoms with Gasteiger partial charge in [0.15, 0.2) is 5.79 Å². The number of hydrogen-bond acceptors (Lipinski definition) is 3. The van der Waals surface area contributed by atoms with Gasteiger partial charge >= 0.3 is 0 Å². The Kier molecular flexibility index (Phi) is 3.41. The quantitative estimate of drug-likeness (QED) is 0.782. The van der Waals surface area contributed by atoms with Gasteiger partial charge in [-0.1, -0.05) is 19.8 Å². The van der Waals surface area contributed by atoms with Gasteiger partial charge in [0.05, 0.1) is 18.8 Å². The molecule has 0 bridgehead atoms. The topological polar surface area (TPSA) is 38.7 Å². The number of aliphatic hydroxyl groups is 1.